The summed E-state index contributed by atoms with van der Waals surface area (Å²) in [6, 6.07) is 19.4. The van der Waals surface area contributed by atoms with Gasteiger partial charge in [-0.1, -0.05) is 71.7 Å². The lowest BCUT2D eigenvalue weighted by molar-refractivity contribution is -0.124. The summed E-state index contributed by atoms with van der Waals surface area (Å²) >= 11 is 12.3. The number of carbonyl (C=O) groups excluding carboxylic acids is 3. The largest absolute Gasteiger partial charge is 0.331 e. The molecular formula is C25H21Cl2N3O4. The van der Waals surface area contributed by atoms with Gasteiger partial charge >= 0.3 is 6.03 Å². The fraction of sp³-hybridized carbons (Fsp3) is 0.0800. The predicted molar refractivity (Wildman–Crippen MR) is 131 cm³/mol. The molecule has 3 aromatic carbocycles. The molecule has 0 aliphatic carbocycles. The minimum atomic E-state index is -0.660. The highest BCUT2D eigenvalue weighted by Crippen LogP contribution is 2.26. The maximum Gasteiger partial charge on any atom is 0.322 e. The van der Waals surface area contributed by atoms with Crippen molar-refractivity contribution in [1.82, 2.24) is 16.1 Å². The van der Waals surface area contributed by atoms with E-state index in [0.29, 0.717) is 27.6 Å². The molecule has 0 heterocycles. The lowest BCUT2D eigenvalue weighted by atomic mass is 9.97. The SMILES string of the molecule is O=C(C=Cc1ccc(C(Cc2ccc(Cl)cc2Cl)NC(=O)NC(=O)c2ccccc2)cc1)NO. The van der Waals surface area contributed by atoms with Crippen LogP contribution >= 0.6 is 23.2 Å². The molecule has 0 aromatic heterocycles. The minimum absolute atomic E-state index is 0.338. The highest BCUT2D eigenvalue weighted by Gasteiger charge is 2.19. The third-order valence-corrected chi connectivity index (χ3v) is 5.47. The quantitative estimate of drug-likeness (QED) is 0.210. The molecule has 1 atom stereocenters. The van der Waals surface area contributed by atoms with E-state index < -0.39 is 23.9 Å². The number of imide groups is 1. The molecule has 0 aliphatic rings. The zero-order chi connectivity index (χ0) is 24.5. The van der Waals surface area contributed by atoms with Crippen molar-refractivity contribution in [3.8, 4) is 0 Å². The van der Waals surface area contributed by atoms with Crippen molar-refractivity contribution >= 4 is 47.1 Å². The molecule has 0 bridgehead atoms. The Balaban J connectivity index is 1.80. The van der Waals surface area contributed by atoms with Gasteiger partial charge in [0.2, 0.25) is 0 Å². The van der Waals surface area contributed by atoms with E-state index in [2.05, 4.69) is 10.6 Å². The topological polar surface area (TPSA) is 108 Å². The summed E-state index contributed by atoms with van der Waals surface area (Å²) in [7, 11) is 0. The van der Waals surface area contributed by atoms with E-state index >= 15 is 0 Å². The number of benzene rings is 3. The Kier molecular flexibility index (Phi) is 8.81. The smallest absolute Gasteiger partial charge is 0.322 e. The maximum absolute atomic E-state index is 12.6. The lowest BCUT2D eigenvalue weighted by Crippen LogP contribution is -2.41. The van der Waals surface area contributed by atoms with Crippen LogP contribution in [0.5, 0.6) is 0 Å². The van der Waals surface area contributed by atoms with E-state index in [1.54, 1.807) is 72.8 Å². The Hall–Kier alpha value is -3.65. The number of halogens is 2. The van der Waals surface area contributed by atoms with Crippen LogP contribution in [0.3, 0.4) is 0 Å². The van der Waals surface area contributed by atoms with Crippen molar-refractivity contribution < 1.29 is 19.6 Å². The molecule has 0 aliphatic heterocycles. The van der Waals surface area contributed by atoms with Crippen LogP contribution in [0.25, 0.3) is 6.08 Å². The van der Waals surface area contributed by atoms with Gasteiger partial charge in [0.25, 0.3) is 11.8 Å². The van der Waals surface area contributed by atoms with E-state index in [1.165, 1.54) is 17.6 Å². The Bertz CT molecular complexity index is 1200. The van der Waals surface area contributed by atoms with E-state index in [-0.39, 0.29) is 0 Å². The molecule has 0 fully saturated rings. The third kappa shape index (κ3) is 7.18. The van der Waals surface area contributed by atoms with Gasteiger partial charge in [0, 0.05) is 21.7 Å². The van der Waals surface area contributed by atoms with Crippen molar-refractivity contribution in [3.05, 3.63) is 111 Å². The van der Waals surface area contributed by atoms with Gasteiger partial charge in [-0.05, 0) is 53.5 Å². The minimum Gasteiger partial charge on any atom is -0.331 e. The molecule has 0 spiro atoms. The first-order valence-electron chi connectivity index (χ1n) is 10.2. The summed E-state index contributed by atoms with van der Waals surface area (Å²) in [6.45, 7) is 0. The molecule has 7 nitrogen and oxygen atoms in total. The van der Waals surface area contributed by atoms with Crippen LogP contribution in [-0.4, -0.2) is 23.1 Å². The Morgan fingerprint density at radius 3 is 2.29 bits per heavy atom. The van der Waals surface area contributed by atoms with Crippen LogP contribution in [0.2, 0.25) is 10.0 Å². The van der Waals surface area contributed by atoms with Gasteiger partial charge in [0.05, 0.1) is 6.04 Å². The summed E-state index contributed by atoms with van der Waals surface area (Å²) in [6.07, 6.45) is 3.05. The van der Waals surface area contributed by atoms with Gasteiger partial charge in [-0.25, -0.2) is 10.3 Å². The van der Waals surface area contributed by atoms with Crippen LogP contribution in [0, 0.1) is 0 Å². The van der Waals surface area contributed by atoms with Gasteiger partial charge in [0.15, 0.2) is 0 Å². The summed E-state index contributed by atoms with van der Waals surface area (Å²) in [5, 5.41) is 14.7. The van der Waals surface area contributed by atoms with Gasteiger partial charge in [-0.2, -0.15) is 0 Å². The summed E-state index contributed by atoms with van der Waals surface area (Å²) in [5.41, 5.74) is 4.09. The molecule has 0 radical (unpaired) electrons. The predicted octanol–water partition coefficient (Wildman–Crippen LogP) is 4.94. The highest BCUT2D eigenvalue weighted by atomic mass is 35.5. The molecule has 174 valence electrons. The van der Waals surface area contributed by atoms with Gasteiger partial charge in [-0.3, -0.25) is 20.1 Å². The maximum atomic E-state index is 12.6. The van der Waals surface area contributed by atoms with Crippen LogP contribution in [0.4, 0.5) is 4.79 Å². The molecule has 3 aromatic rings. The molecule has 34 heavy (non-hydrogen) atoms. The average Bonchev–Trinajstić information content (AvgIpc) is 2.84. The standard InChI is InChI=1S/C25H21Cl2N3O4/c26-20-12-11-19(21(27)15-20)14-22(17-9-6-16(7-10-17)8-13-23(31)30-34)28-25(33)29-24(32)18-4-2-1-3-5-18/h1-13,15,22,34H,14H2,(H,30,31)(H2,28,29,32,33). The van der Waals surface area contributed by atoms with E-state index in [1.807, 2.05) is 0 Å². The number of carbonyl (C=O) groups is 3. The Morgan fingerprint density at radius 2 is 1.65 bits per heavy atom. The summed E-state index contributed by atoms with van der Waals surface area (Å²) < 4.78 is 0. The number of rotatable bonds is 7. The first-order valence-corrected chi connectivity index (χ1v) is 10.9. The molecule has 3 rings (SSSR count). The van der Waals surface area contributed by atoms with Gasteiger partial charge in [-0.15, -0.1) is 0 Å². The number of hydroxylamine groups is 1. The first-order chi connectivity index (χ1) is 16.4. The fourth-order valence-electron chi connectivity index (χ4n) is 3.17. The van der Waals surface area contributed by atoms with E-state index in [0.717, 1.165) is 11.1 Å². The molecule has 4 amide bonds. The van der Waals surface area contributed by atoms with Crippen molar-refractivity contribution in [1.29, 1.82) is 0 Å². The second-order valence-electron chi connectivity index (χ2n) is 7.26. The lowest BCUT2D eigenvalue weighted by Gasteiger charge is -2.20. The number of hydrogen-bond donors (Lipinski definition) is 4. The van der Waals surface area contributed by atoms with Gasteiger partial charge in [0.1, 0.15) is 0 Å². The van der Waals surface area contributed by atoms with E-state index in [4.69, 9.17) is 28.4 Å². The van der Waals surface area contributed by atoms with Crippen LogP contribution in [-0.2, 0) is 11.2 Å². The van der Waals surface area contributed by atoms with Crippen LogP contribution < -0.4 is 16.1 Å². The zero-order valence-electron chi connectivity index (χ0n) is 17.8. The second kappa shape index (κ2) is 12.0. The Morgan fingerprint density at radius 1 is 0.941 bits per heavy atom. The third-order valence-electron chi connectivity index (χ3n) is 4.88. The van der Waals surface area contributed by atoms with Crippen molar-refractivity contribution in [2.24, 2.45) is 0 Å². The van der Waals surface area contributed by atoms with Crippen molar-refractivity contribution in [2.45, 2.75) is 12.5 Å². The molecule has 0 saturated carbocycles. The van der Waals surface area contributed by atoms with Crippen molar-refractivity contribution in [2.75, 3.05) is 0 Å². The zero-order valence-corrected chi connectivity index (χ0v) is 19.3. The average molecular weight is 498 g/mol. The monoisotopic (exact) mass is 497 g/mol. The summed E-state index contributed by atoms with van der Waals surface area (Å²) in [4.78, 5) is 36.2. The number of nitrogens with one attached hydrogen (secondary N) is 3. The number of hydrogen-bond acceptors (Lipinski definition) is 4. The normalized spacial score (nSPS) is 11.6. The molecule has 1 unspecified atom stereocenters. The second-order valence-corrected chi connectivity index (χ2v) is 8.11. The summed E-state index contributed by atoms with van der Waals surface area (Å²) in [5.74, 6) is -1.18. The highest BCUT2D eigenvalue weighted by molar-refractivity contribution is 6.35. The molecule has 0 saturated heterocycles. The van der Waals surface area contributed by atoms with Gasteiger partial charge < -0.3 is 5.32 Å². The number of amides is 4. The fourth-order valence-corrected chi connectivity index (χ4v) is 3.65. The molecule has 9 heteroatoms. The first kappa shape index (κ1) is 25.0. The molecular weight excluding hydrogens is 477 g/mol. The van der Waals surface area contributed by atoms with Crippen LogP contribution in [0.15, 0.2) is 78.9 Å². The van der Waals surface area contributed by atoms with E-state index in [9.17, 15) is 14.4 Å². The Labute approximate surface area is 206 Å². The number of urea groups is 1. The van der Waals surface area contributed by atoms with Crippen LogP contribution in [0.1, 0.15) is 33.1 Å². The van der Waals surface area contributed by atoms with Crippen molar-refractivity contribution in [3.63, 3.8) is 0 Å². The molecule has 4 N–H and O–H groups in total.